The van der Waals surface area contributed by atoms with Gasteiger partial charge in [-0.25, -0.2) is 0 Å². The van der Waals surface area contributed by atoms with Gasteiger partial charge in [0.1, 0.15) is 0 Å². The van der Waals surface area contributed by atoms with Crippen molar-refractivity contribution in [1.82, 2.24) is 4.90 Å². The van der Waals surface area contributed by atoms with Crippen LogP contribution >= 0.6 is 23.2 Å². The Labute approximate surface area is 151 Å². The standard InChI is InChI=1S/C18H18Cl2N2O2/c1-3-12-6-4-5-7-16(12)21-17(23)11-22(2)18(24)14-10-13(19)8-9-15(14)20/h4-10H,3,11H2,1-2H3,(H,21,23). The smallest absolute Gasteiger partial charge is 0.255 e. The molecule has 126 valence electrons. The van der Waals surface area contributed by atoms with Crippen LogP contribution in [0.15, 0.2) is 42.5 Å². The molecule has 0 aliphatic heterocycles. The van der Waals surface area contributed by atoms with Gasteiger partial charge in [0.2, 0.25) is 5.91 Å². The Bertz CT molecular complexity index is 762. The van der Waals surface area contributed by atoms with E-state index in [4.69, 9.17) is 23.2 Å². The molecule has 1 N–H and O–H groups in total. The van der Waals surface area contributed by atoms with E-state index >= 15 is 0 Å². The molecule has 2 aromatic carbocycles. The number of hydrogen-bond acceptors (Lipinski definition) is 2. The van der Waals surface area contributed by atoms with E-state index in [0.29, 0.717) is 10.0 Å². The largest absolute Gasteiger partial charge is 0.332 e. The number of carbonyl (C=O) groups is 2. The number of benzene rings is 2. The summed E-state index contributed by atoms with van der Waals surface area (Å²) >= 11 is 11.9. The molecule has 0 bridgehead atoms. The Kier molecular flexibility index (Phi) is 6.23. The summed E-state index contributed by atoms with van der Waals surface area (Å²) in [7, 11) is 1.55. The summed E-state index contributed by atoms with van der Waals surface area (Å²) in [6, 6.07) is 12.2. The molecule has 0 aliphatic carbocycles. The number of rotatable bonds is 5. The van der Waals surface area contributed by atoms with Gasteiger partial charge >= 0.3 is 0 Å². The quantitative estimate of drug-likeness (QED) is 0.861. The fraction of sp³-hybridized carbons (Fsp3) is 0.222. The van der Waals surface area contributed by atoms with Crippen LogP contribution in [0.25, 0.3) is 0 Å². The molecule has 0 heterocycles. The third kappa shape index (κ3) is 4.49. The van der Waals surface area contributed by atoms with Crippen molar-refractivity contribution in [2.75, 3.05) is 18.9 Å². The van der Waals surface area contributed by atoms with E-state index in [1.807, 2.05) is 31.2 Å². The number of aryl methyl sites for hydroxylation is 1. The lowest BCUT2D eigenvalue weighted by molar-refractivity contribution is -0.116. The molecule has 0 saturated heterocycles. The van der Waals surface area contributed by atoms with E-state index < -0.39 is 0 Å². The van der Waals surface area contributed by atoms with Gasteiger partial charge in [-0.05, 0) is 36.2 Å². The summed E-state index contributed by atoms with van der Waals surface area (Å²) in [5.74, 6) is -0.633. The Morgan fingerprint density at radius 1 is 1.12 bits per heavy atom. The first kappa shape index (κ1) is 18.3. The van der Waals surface area contributed by atoms with E-state index in [-0.39, 0.29) is 23.9 Å². The van der Waals surface area contributed by atoms with Crippen LogP contribution in [-0.4, -0.2) is 30.3 Å². The number of amides is 2. The fourth-order valence-electron chi connectivity index (χ4n) is 2.29. The molecular weight excluding hydrogens is 347 g/mol. The van der Waals surface area contributed by atoms with Crippen LogP contribution in [0.4, 0.5) is 5.69 Å². The first-order valence-electron chi connectivity index (χ1n) is 7.50. The minimum absolute atomic E-state index is 0.0836. The number of carbonyl (C=O) groups excluding carboxylic acids is 2. The van der Waals surface area contributed by atoms with Crippen molar-refractivity contribution in [1.29, 1.82) is 0 Å². The molecule has 0 saturated carbocycles. The number of anilines is 1. The SMILES string of the molecule is CCc1ccccc1NC(=O)CN(C)C(=O)c1cc(Cl)ccc1Cl. The molecule has 0 fully saturated rings. The number of hydrogen-bond donors (Lipinski definition) is 1. The van der Waals surface area contributed by atoms with Crippen LogP contribution in [0.5, 0.6) is 0 Å². The van der Waals surface area contributed by atoms with Crippen molar-refractivity contribution in [3.63, 3.8) is 0 Å². The van der Waals surface area contributed by atoms with Gasteiger partial charge in [0.15, 0.2) is 0 Å². The third-order valence-corrected chi connectivity index (χ3v) is 4.12. The second-order valence-electron chi connectivity index (χ2n) is 5.34. The van der Waals surface area contributed by atoms with Crippen LogP contribution in [0.2, 0.25) is 10.0 Å². The van der Waals surface area contributed by atoms with Gasteiger partial charge in [-0.15, -0.1) is 0 Å². The summed E-state index contributed by atoms with van der Waals surface area (Å²) < 4.78 is 0. The van der Waals surface area contributed by atoms with Gasteiger partial charge in [0.05, 0.1) is 17.1 Å². The molecule has 0 radical (unpaired) electrons. The molecule has 0 aromatic heterocycles. The molecule has 2 amide bonds. The summed E-state index contributed by atoms with van der Waals surface area (Å²) in [5.41, 5.74) is 2.07. The number of nitrogens with one attached hydrogen (secondary N) is 1. The predicted octanol–water partition coefficient (Wildman–Crippen LogP) is 4.27. The van der Waals surface area contributed by atoms with Crippen LogP contribution in [0.1, 0.15) is 22.8 Å². The Morgan fingerprint density at radius 3 is 2.54 bits per heavy atom. The Hall–Kier alpha value is -2.04. The van der Waals surface area contributed by atoms with E-state index in [1.165, 1.54) is 11.0 Å². The van der Waals surface area contributed by atoms with Crippen LogP contribution < -0.4 is 5.32 Å². The highest BCUT2D eigenvalue weighted by atomic mass is 35.5. The highest BCUT2D eigenvalue weighted by molar-refractivity contribution is 6.35. The lowest BCUT2D eigenvalue weighted by Gasteiger charge is -2.18. The van der Waals surface area contributed by atoms with Crippen LogP contribution in [0, 0.1) is 0 Å². The minimum atomic E-state index is -0.360. The third-order valence-electron chi connectivity index (χ3n) is 3.56. The van der Waals surface area contributed by atoms with Gasteiger partial charge < -0.3 is 10.2 Å². The lowest BCUT2D eigenvalue weighted by atomic mass is 10.1. The van der Waals surface area contributed by atoms with Gasteiger partial charge in [-0.3, -0.25) is 9.59 Å². The van der Waals surface area contributed by atoms with E-state index in [2.05, 4.69) is 5.32 Å². The van der Waals surface area contributed by atoms with Gasteiger partial charge in [0, 0.05) is 17.8 Å². The molecular formula is C18H18Cl2N2O2. The maximum Gasteiger partial charge on any atom is 0.255 e. The van der Waals surface area contributed by atoms with E-state index in [0.717, 1.165) is 17.7 Å². The lowest BCUT2D eigenvalue weighted by Crippen LogP contribution is -2.35. The number of para-hydroxylation sites is 1. The molecule has 6 heteroatoms. The second kappa shape index (κ2) is 8.18. The molecule has 0 unspecified atom stereocenters. The zero-order valence-electron chi connectivity index (χ0n) is 13.5. The van der Waals surface area contributed by atoms with Crippen LogP contribution in [0.3, 0.4) is 0 Å². The Morgan fingerprint density at radius 2 is 1.83 bits per heavy atom. The van der Waals surface area contributed by atoms with Crippen molar-refractivity contribution in [2.24, 2.45) is 0 Å². The van der Waals surface area contributed by atoms with Crippen molar-refractivity contribution in [3.05, 3.63) is 63.6 Å². The first-order valence-corrected chi connectivity index (χ1v) is 8.26. The van der Waals surface area contributed by atoms with E-state index in [1.54, 1.807) is 19.2 Å². The molecule has 0 aliphatic rings. The summed E-state index contributed by atoms with van der Waals surface area (Å²) in [6.45, 7) is 1.93. The highest BCUT2D eigenvalue weighted by Gasteiger charge is 2.18. The maximum absolute atomic E-state index is 12.4. The van der Waals surface area contributed by atoms with Crippen molar-refractivity contribution >= 4 is 40.7 Å². The zero-order valence-corrected chi connectivity index (χ0v) is 15.0. The molecule has 2 aromatic rings. The highest BCUT2D eigenvalue weighted by Crippen LogP contribution is 2.22. The minimum Gasteiger partial charge on any atom is -0.332 e. The zero-order chi connectivity index (χ0) is 17.7. The molecule has 2 rings (SSSR count). The monoisotopic (exact) mass is 364 g/mol. The average Bonchev–Trinajstić information content (AvgIpc) is 2.56. The predicted molar refractivity (Wildman–Crippen MR) is 97.9 cm³/mol. The average molecular weight is 365 g/mol. The van der Waals surface area contributed by atoms with Gasteiger partial charge in [-0.2, -0.15) is 0 Å². The molecule has 0 atom stereocenters. The number of halogens is 2. The summed E-state index contributed by atoms with van der Waals surface area (Å²) in [4.78, 5) is 26.0. The summed E-state index contributed by atoms with van der Waals surface area (Å²) in [5, 5.41) is 3.55. The normalized spacial score (nSPS) is 10.3. The first-order chi connectivity index (χ1) is 11.4. The fourth-order valence-corrected chi connectivity index (χ4v) is 2.66. The topological polar surface area (TPSA) is 49.4 Å². The molecule has 24 heavy (non-hydrogen) atoms. The molecule has 4 nitrogen and oxygen atoms in total. The van der Waals surface area contributed by atoms with Crippen molar-refractivity contribution in [2.45, 2.75) is 13.3 Å². The number of nitrogens with zero attached hydrogens (tertiary/aromatic N) is 1. The maximum atomic E-state index is 12.4. The molecule has 0 spiro atoms. The van der Waals surface area contributed by atoms with Crippen LogP contribution in [-0.2, 0) is 11.2 Å². The Balaban J connectivity index is 2.06. The summed E-state index contributed by atoms with van der Waals surface area (Å²) in [6.07, 6.45) is 0.809. The van der Waals surface area contributed by atoms with Gasteiger partial charge in [0.25, 0.3) is 5.91 Å². The van der Waals surface area contributed by atoms with Crippen molar-refractivity contribution < 1.29 is 9.59 Å². The second-order valence-corrected chi connectivity index (χ2v) is 6.19. The van der Waals surface area contributed by atoms with Crippen molar-refractivity contribution in [3.8, 4) is 0 Å². The van der Waals surface area contributed by atoms with E-state index in [9.17, 15) is 9.59 Å². The number of likely N-dealkylation sites (N-methyl/N-ethyl adjacent to an activating group) is 1. The van der Waals surface area contributed by atoms with Gasteiger partial charge in [-0.1, -0.05) is 48.3 Å².